The van der Waals surface area contributed by atoms with Crippen molar-refractivity contribution in [3.05, 3.63) is 61.5 Å². The largest absolute Gasteiger partial charge is 0.462 e. The van der Waals surface area contributed by atoms with Crippen LogP contribution >= 0.6 is 11.3 Å². The number of carbonyl (C=O) groups excluding carboxylic acids is 2. The number of hydrogen-bond donors (Lipinski definition) is 1. The highest BCUT2D eigenvalue weighted by Gasteiger charge is 2.29. The number of anilines is 1. The van der Waals surface area contributed by atoms with Crippen molar-refractivity contribution in [2.24, 2.45) is 5.92 Å². The Morgan fingerprint density at radius 1 is 1.39 bits per heavy atom. The molecule has 8 nitrogen and oxygen atoms in total. The van der Waals surface area contributed by atoms with Crippen LogP contribution < -0.4 is 5.32 Å². The van der Waals surface area contributed by atoms with Gasteiger partial charge in [0, 0.05) is 17.0 Å². The number of nitrogens with one attached hydrogen (secondary N) is 1. The Labute approximate surface area is 183 Å². The van der Waals surface area contributed by atoms with E-state index in [-0.39, 0.29) is 17.9 Å². The second kappa shape index (κ2) is 9.53. The molecule has 1 aliphatic rings. The van der Waals surface area contributed by atoms with Gasteiger partial charge in [-0.3, -0.25) is 14.9 Å². The van der Waals surface area contributed by atoms with E-state index >= 15 is 0 Å². The number of amides is 1. The monoisotopic (exact) mass is 439 g/mol. The van der Waals surface area contributed by atoms with Gasteiger partial charge in [0.05, 0.1) is 17.1 Å². The molecule has 1 atom stereocenters. The fourth-order valence-electron chi connectivity index (χ4n) is 3.44. The minimum atomic E-state index is -0.655. The van der Waals surface area contributed by atoms with Gasteiger partial charge in [-0.15, -0.1) is 11.3 Å². The minimum Gasteiger partial charge on any atom is -0.462 e. The molecule has 0 fully saturated rings. The third kappa shape index (κ3) is 4.98. The van der Waals surface area contributed by atoms with Gasteiger partial charge in [0.2, 0.25) is 0 Å². The van der Waals surface area contributed by atoms with E-state index in [1.165, 1.54) is 41.7 Å². The molecule has 2 aromatic rings. The summed E-state index contributed by atoms with van der Waals surface area (Å²) in [7, 11) is 0. The van der Waals surface area contributed by atoms with Crippen LogP contribution in [0.5, 0.6) is 0 Å². The summed E-state index contributed by atoms with van der Waals surface area (Å²) in [6.45, 7) is 4.08. The summed E-state index contributed by atoms with van der Waals surface area (Å²) in [4.78, 5) is 36.7. The number of nitro groups is 1. The number of hydrogen-bond acceptors (Lipinski definition) is 7. The number of thiophene rings is 1. The first kappa shape index (κ1) is 22.2. The first-order valence-electron chi connectivity index (χ1n) is 9.83. The Bertz CT molecular complexity index is 1100. The van der Waals surface area contributed by atoms with Crippen molar-refractivity contribution in [2.75, 3.05) is 11.9 Å². The average molecular weight is 439 g/mol. The van der Waals surface area contributed by atoms with E-state index in [1.54, 1.807) is 6.92 Å². The predicted octanol–water partition coefficient (Wildman–Crippen LogP) is 4.50. The zero-order valence-corrected chi connectivity index (χ0v) is 18.0. The number of carbonyl (C=O) groups is 2. The van der Waals surface area contributed by atoms with Gasteiger partial charge >= 0.3 is 5.97 Å². The zero-order chi connectivity index (χ0) is 22.5. The fourth-order valence-corrected chi connectivity index (χ4v) is 4.83. The molecule has 1 amide bonds. The number of rotatable bonds is 6. The van der Waals surface area contributed by atoms with Crippen LogP contribution in [-0.4, -0.2) is 23.4 Å². The van der Waals surface area contributed by atoms with Crippen LogP contribution in [-0.2, 0) is 22.4 Å². The number of fused-ring (bicyclic) bond motifs is 1. The molecule has 0 aliphatic heterocycles. The molecule has 9 heteroatoms. The first-order valence-corrected chi connectivity index (χ1v) is 10.6. The number of benzene rings is 1. The molecule has 160 valence electrons. The molecule has 0 bridgehead atoms. The highest BCUT2D eigenvalue weighted by Crippen LogP contribution is 2.40. The third-order valence-electron chi connectivity index (χ3n) is 5.00. The molecule has 0 radical (unpaired) electrons. The lowest BCUT2D eigenvalue weighted by Gasteiger charge is -2.18. The standard InChI is InChI=1S/C22H21N3O5S/c1-3-30-22(27)19-17-9-4-13(2)10-18(17)31-21(19)24-20(26)15(12-23)11-14-5-7-16(8-6-14)25(28)29/h5-8,11,13H,3-4,9-10H2,1-2H3,(H,24,26)/b15-11+/t13-/m1/s1. The number of ether oxygens (including phenoxy) is 1. The van der Waals surface area contributed by atoms with Crippen LogP contribution in [0.2, 0.25) is 0 Å². The summed E-state index contributed by atoms with van der Waals surface area (Å²) >= 11 is 1.34. The van der Waals surface area contributed by atoms with Crippen LogP contribution in [0, 0.1) is 27.4 Å². The van der Waals surface area contributed by atoms with Crippen molar-refractivity contribution < 1.29 is 19.2 Å². The molecule has 0 saturated heterocycles. The van der Waals surface area contributed by atoms with Crippen LogP contribution in [0.3, 0.4) is 0 Å². The smallest absolute Gasteiger partial charge is 0.341 e. The molecule has 0 spiro atoms. The maximum atomic E-state index is 12.8. The highest BCUT2D eigenvalue weighted by molar-refractivity contribution is 7.17. The summed E-state index contributed by atoms with van der Waals surface area (Å²) < 4.78 is 5.20. The van der Waals surface area contributed by atoms with Gasteiger partial charge in [0.1, 0.15) is 16.6 Å². The Morgan fingerprint density at radius 2 is 2.10 bits per heavy atom. The molecule has 1 heterocycles. The molecular formula is C22H21N3O5S. The summed E-state index contributed by atoms with van der Waals surface area (Å²) in [6, 6.07) is 7.36. The van der Waals surface area contributed by atoms with Gasteiger partial charge in [-0.05, 0) is 61.4 Å². The molecular weight excluding hydrogens is 418 g/mol. The summed E-state index contributed by atoms with van der Waals surface area (Å²) in [5.74, 6) is -0.651. The minimum absolute atomic E-state index is 0.0856. The van der Waals surface area contributed by atoms with E-state index in [0.29, 0.717) is 22.0 Å². The van der Waals surface area contributed by atoms with Crippen molar-refractivity contribution in [1.82, 2.24) is 0 Å². The predicted molar refractivity (Wildman–Crippen MR) is 117 cm³/mol. The van der Waals surface area contributed by atoms with Gasteiger partial charge in [-0.25, -0.2) is 4.79 Å². The van der Waals surface area contributed by atoms with Gasteiger partial charge in [-0.1, -0.05) is 6.92 Å². The zero-order valence-electron chi connectivity index (χ0n) is 17.1. The second-order valence-electron chi connectivity index (χ2n) is 7.25. The number of nitro benzene ring substituents is 1. The van der Waals surface area contributed by atoms with E-state index in [2.05, 4.69) is 12.2 Å². The second-order valence-corrected chi connectivity index (χ2v) is 8.35. The van der Waals surface area contributed by atoms with Crippen LogP contribution in [0.1, 0.15) is 46.6 Å². The topological polar surface area (TPSA) is 122 Å². The maximum Gasteiger partial charge on any atom is 0.341 e. The van der Waals surface area contributed by atoms with Gasteiger partial charge in [0.25, 0.3) is 11.6 Å². The van der Waals surface area contributed by atoms with Gasteiger partial charge < -0.3 is 10.1 Å². The molecule has 1 aromatic carbocycles. The molecule has 0 saturated carbocycles. The Kier molecular flexibility index (Phi) is 6.82. The normalized spacial score (nSPS) is 15.5. The quantitative estimate of drug-likeness (QED) is 0.232. The van der Waals surface area contributed by atoms with E-state index in [1.807, 2.05) is 6.07 Å². The maximum absolute atomic E-state index is 12.8. The van der Waals surface area contributed by atoms with Crippen molar-refractivity contribution in [3.63, 3.8) is 0 Å². The Morgan fingerprint density at radius 3 is 2.71 bits per heavy atom. The highest BCUT2D eigenvalue weighted by atomic mass is 32.1. The molecule has 1 aromatic heterocycles. The first-order chi connectivity index (χ1) is 14.8. The molecule has 0 unspecified atom stereocenters. The fraction of sp³-hybridized carbons (Fsp3) is 0.318. The SMILES string of the molecule is CCOC(=O)c1c(NC(=O)/C(C#N)=C/c2ccc([N+](=O)[O-])cc2)sc2c1CC[C@@H](C)C2. The van der Waals surface area contributed by atoms with E-state index in [9.17, 15) is 25.0 Å². The van der Waals surface area contributed by atoms with Gasteiger partial charge in [0.15, 0.2) is 0 Å². The van der Waals surface area contributed by atoms with Crippen LogP contribution in [0.15, 0.2) is 29.8 Å². The van der Waals surface area contributed by atoms with Crippen molar-refractivity contribution in [2.45, 2.75) is 33.1 Å². The lowest BCUT2D eigenvalue weighted by Crippen LogP contribution is -2.17. The molecule has 1 aliphatic carbocycles. The Hall–Kier alpha value is -3.51. The third-order valence-corrected chi connectivity index (χ3v) is 6.17. The lowest BCUT2D eigenvalue weighted by molar-refractivity contribution is -0.384. The molecule has 3 rings (SSSR count). The van der Waals surface area contributed by atoms with Crippen molar-refractivity contribution >= 4 is 40.0 Å². The van der Waals surface area contributed by atoms with Crippen molar-refractivity contribution in [1.29, 1.82) is 5.26 Å². The van der Waals surface area contributed by atoms with E-state index in [0.717, 1.165) is 29.7 Å². The summed E-state index contributed by atoms with van der Waals surface area (Å²) in [5, 5.41) is 23.3. The van der Waals surface area contributed by atoms with E-state index in [4.69, 9.17) is 4.74 Å². The van der Waals surface area contributed by atoms with Gasteiger partial charge in [-0.2, -0.15) is 5.26 Å². The number of esters is 1. The summed E-state index contributed by atoms with van der Waals surface area (Å²) in [6.07, 6.45) is 3.86. The molecule has 1 N–H and O–H groups in total. The number of nitriles is 1. The number of nitrogens with zero attached hydrogens (tertiary/aromatic N) is 2. The average Bonchev–Trinajstić information content (AvgIpc) is 3.09. The van der Waals surface area contributed by atoms with Crippen LogP contribution in [0.25, 0.3) is 6.08 Å². The molecule has 31 heavy (non-hydrogen) atoms. The van der Waals surface area contributed by atoms with E-state index < -0.39 is 16.8 Å². The van der Waals surface area contributed by atoms with Crippen molar-refractivity contribution in [3.8, 4) is 6.07 Å². The summed E-state index contributed by atoms with van der Waals surface area (Å²) in [5.41, 5.74) is 1.49. The Balaban J connectivity index is 1.89. The van der Waals surface area contributed by atoms with Crippen LogP contribution in [0.4, 0.5) is 10.7 Å². The lowest BCUT2D eigenvalue weighted by atomic mass is 9.88. The number of non-ortho nitro benzene ring substituents is 1.